The summed E-state index contributed by atoms with van der Waals surface area (Å²) in [6.07, 6.45) is -2.91. The van der Waals surface area contributed by atoms with E-state index in [0.29, 0.717) is 28.1 Å². The summed E-state index contributed by atoms with van der Waals surface area (Å²) in [5, 5.41) is 0.383. The van der Waals surface area contributed by atoms with Gasteiger partial charge in [-0.25, -0.2) is 0 Å². The number of nitrogens with two attached hydrogens (primary N) is 1. The van der Waals surface area contributed by atoms with Gasteiger partial charge in [0.15, 0.2) is 5.76 Å². The van der Waals surface area contributed by atoms with Crippen LogP contribution in [0.1, 0.15) is 5.56 Å². The number of pyridine rings is 1. The molecular weight excluding hydrogens is 269 g/mol. The Morgan fingerprint density at radius 2 is 1.85 bits per heavy atom. The van der Waals surface area contributed by atoms with E-state index in [0.717, 1.165) is 12.1 Å². The van der Waals surface area contributed by atoms with Crippen molar-refractivity contribution in [2.24, 2.45) is 0 Å². The Morgan fingerprint density at radius 3 is 2.50 bits per heavy atom. The summed E-state index contributed by atoms with van der Waals surface area (Å²) in [7, 11) is 0. The Hall–Kier alpha value is -2.50. The third-order valence-corrected chi connectivity index (χ3v) is 2.88. The van der Waals surface area contributed by atoms with Crippen LogP contribution in [0.5, 0.6) is 0 Å². The van der Waals surface area contributed by atoms with E-state index in [1.807, 2.05) is 0 Å². The van der Waals surface area contributed by atoms with Gasteiger partial charge in [-0.3, -0.25) is 4.98 Å². The second-order valence-corrected chi connectivity index (χ2v) is 4.34. The van der Waals surface area contributed by atoms with Crippen molar-refractivity contribution in [3.63, 3.8) is 0 Å². The molecule has 0 radical (unpaired) electrons. The molecule has 2 heterocycles. The Bertz CT molecular complexity index is 760. The van der Waals surface area contributed by atoms with Crippen molar-refractivity contribution in [3.05, 3.63) is 48.2 Å². The molecule has 0 atom stereocenters. The zero-order chi connectivity index (χ0) is 14.3. The molecule has 0 saturated carbocycles. The van der Waals surface area contributed by atoms with Gasteiger partial charge in [0.05, 0.1) is 17.4 Å². The highest BCUT2D eigenvalue weighted by Gasteiger charge is 2.30. The number of nitrogen functional groups attached to an aromatic ring is 1. The molecule has 1 aromatic carbocycles. The highest BCUT2D eigenvalue weighted by Crippen LogP contribution is 2.34. The van der Waals surface area contributed by atoms with Crippen molar-refractivity contribution in [1.82, 2.24) is 4.98 Å². The summed E-state index contributed by atoms with van der Waals surface area (Å²) in [5.74, 6) is 0.402. The van der Waals surface area contributed by atoms with Crippen molar-refractivity contribution in [2.45, 2.75) is 6.18 Å². The SMILES string of the molecule is Nc1ccc(-c2cc3cc(C(F)(F)F)ccc3o2)nc1. The normalized spacial score (nSPS) is 11.9. The van der Waals surface area contributed by atoms with E-state index >= 15 is 0 Å². The number of hydrogen-bond acceptors (Lipinski definition) is 3. The first kappa shape index (κ1) is 12.5. The number of alkyl halides is 3. The zero-order valence-corrected chi connectivity index (χ0v) is 10.1. The van der Waals surface area contributed by atoms with Gasteiger partial charge < -0.3 is 10.2 Å². The molecule has 0 aliphatic carbocycles. The lowest BCUT2D eigenvalue weighted by molar-refractivity contribution is -0.137. The summed E-state index contributed by atoms with van der Waals surface area (Å²) in [5.41, 5.74) is 6.23. The molecule has 0 unspecified atom stereocenters. The lowest BCUT2D eigenvalue weighted by Crippen LogP contribution is -2.03. The third kappa shape index (κ3) is 2.20. The average Bonchev–Trinajstić information content (AvgIpc) is 2.81. The van der Waals surface area contributed by atoms with Crippen molar-refractivity contribution in [2.75, 3.05) is 5.73 Å². The molecule has 0 bridgehead atoms. The molecule has 0 aliphatic heterocycles. The maximum atomic E-state index is 12.6. The molecule has 0 saturated heterocycles. The van der Waals surface area contributed by atoms with Gasteiger partial charge in [-0.15, -0.1) is 0 Å². The van der Waals surface area contributed by atoms with Crippen LogP contribution in [0.4, 0.5) is 18.9 Å². The quantitative estimate of drug-likeness (QED) is 0.729. The highest BCUT2D eigenvalue weighted by atomic mass is 19.4. The minimum absolute atomic E-state index is 0.381. The standard InChI is InChI=1S/C14H9F3N2O/c15-14(16,17)9-1-4-12-8(5-9)6-13(20-12)11-3-2-10(18)7-19-11/h1-7H,18H2. The number of hydrogen-bond donors (Lipinski definition) is 1. The fraction of sp³-hybridized carbons (Fsp3) is 0.0714. The van der Waals surface area contributed by atoms with Crippen LogP contribution >= 0.6 is 0 Å². The van der Waals surface area contributed by atoms with Crippen LogP contribution in [-0.4, -0.2) is 4.98 Å². The van der Waals surface area contributed by atoms with E-state index in [-0.39, 0.29) is 0 Å². The topological polar surface area (TPSA) is 52.0 Å². The number of benzene rings is 1. The molecule has 102 valence electrons. The van der Waals surface area contributed by atoms with E-state index in [9.17, 15) is 13.2 Å². The summed E-state index contributed by atoms with van der Waals surface area (Å²) >= 11 is 0. The smallest absolute Gasteiger partial charge is 0.416 e. The Morgan fingerprint density at radius 1 is 1.05 bits per heavy atom. The maximum absolute atomic E-state index is 12.6. The van der Waals surface area contributed by atoms with Crippen molar-refractivity contribution in [3.8, 4) is 11.5 Å². The van der Waals surface area contributed by atoms with Gasteiger partial charge in [0.1, 0.15) is 11.3 Å². The van der Waals surface area contributed by atoms with E-state index in [1.54, 1.807) is 12.1 Å². The second kappa shape index (κ2) is 4.26. The van der Waals surface area contributed by atoms with Crippen LogP contribution < -0.4 is 5.73 Å². The highest BCUT2D eigenvalue weighted by molar-refractivity contribution is 5.83. The van der Waals surface area contributed by atoms with Gasteiger partial charge in [0, 0.05) is 5.39 Å². The van der Waals surface area contributed by atoms with Gasteiger partial charge in [-0.1, -0.05) is 0 Å². The number of nitrogens with zero attached hydrogens (tertiary/aromatic N) is 1. The predicted molar refractivity (Wildman–Crippen MR) is 68.9 cm³/mol. The van der Waals surface area contributed by atoms with Crippen LogP contribution in [0.15, 0.2) is 47.0 Å². The summed E-state index contributed by atoms with van der Waals surface area (Å²) < 4.78 is 43.4. The summed E-state index contributed by atoms with van der Waals surface area (Å²) in [6, 6.07) is 8.18. The minimum atomic E-state index is -4.37. The molecule has 6 heteroatoms. The molecule has 0 spiro atoms. The number of anilines is 1. The van der Waals surface area contributed by atoms with Crippen LogP contribution in [0.25, 0.3) is 22.4 Å². The summed E-state index contributed by atoms with van der Waals surface area (Å²) in [6.45, 7) is 0. The van der Waals surface area contributed by atoms with E-state index in [1.165, 1.54) is 18.3 Å². The number of aromatic nitrogens is 1. The molecule has 0 amide bonds. The molecule has 2 aromatic heterocycles. The van der Waals surface area contributed by atoms with E-state index in [4.69, 9.17) is 10.2 Å². The van der Waals surface area contributed by atoms with E-state index < -0.39 is 11.7 Å². The molecule has 2 N–H and O–H groups in total. The minimum Gasteiger partial charge on any atom is -0.454 e. The largest absolute Gasteiger partial charge is 0.454 e. The molecule has 0 fully saturated rings. The Labute approximate surface area is 111 Å². The van der Waals surface area contributed by atoms with Crippen molar-refractivity contribution >= 4 is 16.7 Å². The number of fused-ring (bicyclic) bond motifs is 1. The van der Waals surface area contributed by atoms with Gasteiger partial charge in [0.25, 0.3) is 0 Å². The van der Waals surface area contributed by atoms with Crippen molar-refractivity contribution in [1.29, 1.82) is 0 Å². The van der Waals surface area contributed by atoms with Crippen LogP contribution in [0.3, 0.4) is 0 Å². The first-order valence-corrected chi connectivity index (χ1v) is 5.76. The molecular formula is C14H9F3N2O. The fourth-order valence-corrected chi connectivity index (χ4v) is 1.90. The molecule has 3 aromatic rings. The lowest BCUT2D eigenvalue weighted by atomic mass is 10.1. The number of rotatable bonds is 1. The zero-order valence-electron chi connectivity index (χ0n) is 10.1. The monoisotopic (exact) mass is 278 g/mol. The second-order valence-electron chi connectivity index (χ2n) is 4.34. The van der Waals surface area contributed by atoms with Gasteiger partial charge in [0.2, 0.25) is 0 Å². The fourth-order valence-electron chi connectivity index (χ4n) is 1.90. The van der Waals surface area contributed by atoms with Gasteiger partial charge in [-0.2, -0.15) is 13.2 Å². The Kier molecular flexibility index (Phi) is 2.67. The average molecular weight is 278 g/mol. The van der Waals surface area contributed by atoms with Crippen LogP contribution in [0, 0.1) is 0 Å². The van der Waals surface area contributed by atoms with E-state index in [2.05, 4.69) is 4.98 Å². The number of furan rings is 1. The molecule has 3 nitrogen and oxygen atoms in total. The van der Waals surface area contributed by atoms with Gasteiger partial charge >= 0.3 is 6.18 Å². The first-order valence-electron chi connectivity index (χ1n) is 5.76. The van der Waals surface area contributed by atoms with Crippen LogP contribution in [0.2, 0.25) is 0 Å². The summed E-state index contributed by atoms with van der Waals surface area (Å²) in [4.78, 5) is 4.07. The van der Waals surface area contributed by atoms with Gasteiger partial charge in [-0.05, 0) is 36.4 Å². The lowest BCUT2D eigenvalue weighted by Gasteiger charge is -2.04. The predicted octanol–water partition coefficient (Wildman–Crippen LogP) is 4.10. The molecule has 20 heavy (non-hydrogen) atoms. The molecule has 3 rings (SSSR count). The third-order valence-electron chi connectivity index (χ3n) is 2.88. The number of halogens is 3. The van der Waals surface area contributed by atoms with Crippen LogP contribution in [-0.2, 0) is 6.18 Å². The Balaban J connectivity index is 2.09. The first-order chi connectivity index (χ1) is 9.43. The maximum Gasteiger partial charge on any atom is 0.416 e. The van der Waals surface area contributed by atoms with Crippen molar-refractivity contribution < 1.29 is 17.6 Å². The molecule has 0 aliphatic rings.